The molecule has 4 rings (SSSR count). The summed E-state index contributed by atoms with van der Waals surface area (Å²) in [6.07, 6.45) is 0. The van der Waals surface area contributed by atoms with Gasteiger partial charge in [-0.25, -0.2) is 0 Å². The Morgan fingerprint density at radius 2 is 1.85 bits per heavy atom. The lowest BCUT2D eigenvalue weighted by Crippen LogP contribution is -2.38. The quantitative estimate of drug-likeness (QED) is 0.485. The third kappa shape index (κ3) is 5.85. The molecule has 1 saturated heterocycles. The fourth-order valence-electron chi connectivity index (χ4n) is 3.66. The van der Waals surface area contributed by atoms with Gasteiger partial charge in [0.15, 0.2) is 5.16 Å². The average molecular weight is 468 g/mol. The minimum atomic E-state index is -0.337. The van der Waals surface area contributed by atoms with Crippen molar-refractivity contribution in [3.8, 4) is 5.75 Å². The first-order chi connectivity index (χ1) is 16.2. The molecule has 0 spiro atoms. The number of benzene rings is 2. The number of morpholine rings is 1. The molecule has 1 amide bonds. The number of hydrogen-bond donors (Lipinski definition) is 1. The third-order valence-corrected chi connectivity index (χ3v) is 6.55. The van der Waals surface area contributed by atoms with Gasteiger partial charge in [0.1, 0.15) is 5.75 Å². The number of rotatable bonds is 9. The van der Waals surface area contributed by atoms with Crippen molar-refractivity contribution in [2.75, 3.05) is 38.3 Å². The van der Waals surface area contributed by atoms with E-state index in [0.29, 0.717) is 26.3 Å². The molecule has 1 aliphatic rings. The second-order valence-electron chi connectivity index (χ2n) is 7.74. The highest BCUT2D eigenvalue weighted by Gasteiger charge is 2.24. The molecule has 8 nitrogen and oxygen atoms in total. The van der Waals surface area contributed by atoms with Gasteiger partial charge in [0.2, 0.25) is 11.9 Å². The molecule has 0 radical (unpaired) electrons. The number of para-hydroxylation sites is 1. The van der Waals surface area contributed by atoms with Crippen molar-refractivity contribution >= 4 is 23.6 Å². The molecule has 0 aliphatic carbocycles. The maximum absolute atomic E-state index is 12.8. The van der Waals surface area contributed by atoms with Crippen LogP contribution in [0.1, 0.15) is 18.1 Å². The van der Waals surface area contributed by atoms with E-state index in [-0.39, 0.29) is 11.2 Å². The van der Waals surface area contributed by atoms with Crippen LogP contribution in [0.2, 0.25) is 0 Å². The van der Waals surface area contributed by atoms with E-state index in [4.69, 9.17) is 9.47 Å². The number of hydrogen-bond acceptors (Lipinski definition) is 7. The lowest BCUT2D eigenvalue weighted by Gasteiger charge is -2.28. The molecule has 1 aliphatic heterocycles. The summed E-state index contributed by atoms with van der Waals surface area (Å²) in [5.41, 5.74) is 2.09. The molecule has 1 aromatic heterocycles. The minimum absolute atomic E-state index is 0.0620. The third-order valence-electron chi connectivity index (χ3n) is 5.47. The number of carbonyl (C=O) groups is 1. The van der Waals surface area contributed by atoms with Gasteiger partial charge >= 0.3 is 0 Å². The summed E-state index contributed by atoms with van der Waals surface area (Å²) in [6.45, 7) is 5.81. The molecular formula is C24H29N5O3S. The molecule has 174 valence electrons. The van der Waals surface area contributed by atoms with Gasteiger partial charge in [0, 0.05) is 25.2 Å². The molecule has 0 bridgehead atoms. The Morgan fingerprint density at radius 3 is 2.61 bits per heavy atom. The first-order valence-corrected chi connectivity index (χ1v) is 11.9. The molecule has 0 saturated carbocycles. The van der Waals surface area contributed by atoms with Gasteiger partial charge in [-0.3, -0.25) is 9.36 Å². The molecule has 2 aromatic carbocycles. The van der Waals surface area contributed by atoms with Gasteiger partial charge in [-0.05, 0) is 18.6 Å². The lowest BCUT2D eigenvalue weighted by molar-refractivity contribution is -0.120. The Morgan fingerprint density at radius 1 is 1.12 bits per heavy atom. The van der Waals surface area contributed by atoms with E-state index in [1.165, 1.54) is 11.8 Å². The Kier molecular flexibility index (Phi) is 7.85. The molecule has 1 unspecified atom stereocenters. The lowest BCUT2D eigenvalue weighted by atomic mass is 10.2. The largest absolute Gasteiger partial charge is 0.496 e. The van der Waals surface area contributed by atoms with Crippen molar-refractivity contribution in [3.63, 3.8) is 0 Å². The summed E-state index contributed by atoms with van der Waals surface area (Å²) in [5.74, 6) is 1.51. The van der Waals surface area contributed by atoms with Crippen LogP contribution in [0.15, 0.2) is 59.8 Å². The van der Waals surface area contributed by atoms with E-state index in [1.54, 1.807) is 7.11 Å². The summed E-state index contributed by atoms with van der Waals surface area (Å²) in [5, 5.41) is 12.3. The fraction of sp³-hybridized carbons (Fsp3) is 0.375. The molecule has 2 heterocycles. The van der Waals surface area contributed by atoms with Gasteiger partial charge in [0.25, 0.3) is 0 Å². The monoisotopic (exact) mass is 467 g/mol. The Balaban J connectivity index is 1.47. The first kappa shape index (κ1) is 23.1. The first-order valence-electron chi connectivity index (χ1n) is 11.0. The maximum atomic E-state index is 12.8. The molecule has 1 atom stereocenters. The van der Waals surface area contributed by atoms with Gasteiger partial charge in [-0.15, -0.1) is 10.2 Å². The van der Waals surface area contributed by atoms with Crippen molar-refractivity contribution in [1.29, 1.82) is 0 Å². The van der Waals surface area contributed by atoms with Crippen LogP contribution in [0, 0.1) is 0 Å². The Labute approximate surface area is 198 Å². The Bertz CT molecular complexity index is 1050. The van der Waals surface area contributed by atoms with Gasteiger partial charge in [0.05, 0.1) is 32.1 Å². The summed E-state index contributed by atoms with van der Waals surface area (Å²) < 4.78 is 13.0. The number of amides is 1. The van der Waals surface area contributed by atoms with Gasteiger partial charge in [-0.1, -0.05) is 60.3 Å². The van der Waals surface area contributed by atoms with Crippen LogP contribution >= 0.6 is 11.8 Å². The number of thioether (sulfide) groups is 1. The van der Waals surface area contributed by atoms with Gasteiger partial charge in [-0.2, -0.15) is 0 Å². The highest BCUT2D eigenvalue weighted by atomic mass is 32.2. The van der Waals surface area contributed by atoms with Crippen LogP contribution in [0.3, 0.4) is 0 Å². The molecule has 3 aromatic rings. The van der Waals surface area contributed by atoms with Crippen LogP contribution in [0.4, 0.5) is 5.95 Å². The predicted molar refractivity (Wildman–Crippen MR) is 129 cm³/mol. The van der Waals surface area contributed by atoms with Crippen LogP contribution in [0.5, 0.6) is 5.75 Å². The second kappa shape index (κ2) is 11.2. The van der Waals surface area contributed by atoms with Crippen molar-refractivity contribution in [3.05, 3.63) is 65.7 Å². The molecule has 33 heavy (non-hydrogen) atoms. The number of nitrogens with one attached hydrogen (secondary N) is 1. The molecule has 1 N–H and O–H groups in total. The zero-order valence-corrected chi connectivity index (χ0v) is 19.8. The molecule has 9 heteroatoms. The minimum Gasteiger partial charge on any atom is -0.496 e. The van der Waals surface area contributed by atoms with Crippen LogP contribution in [-0.4, -0.2) is 59.3 Å². The predicted octanol–water partition coefficient (Wildman–Crippen LogP) is 2.97. The topological polar surface area (TPSA) is 81.5 Å². The Hall–Kier alpha value is -3.04. The van der Waals surface area contributed by atoms with Crippen molar-refractivity contribution < 1.29 is 14.3 Å². The zero-order chi connectivity index (χ0) is 23.0. The highest BCUT2D eigenvalue weighted by Crippen LogP contribution is 2.27. The van der Waals surface area contributed by atoms with Crippen LogP contribution < -0.4 is 15.0 Å². The van der Waals surface area contributed by atoms with E-state index in [9.17, 15) is 4.79 Å². The summed E-state index contributed by atoms with van der Waals surface area (Å²) in [7, 11) is 1.63. The van der Waals surface area contributed by atoms with Crippen LogP contribution in [-0.2, 0) is 22.6 Å². The van der Waals surface area contributed by atoms with Crippen molar-refractivity contribution in [2.24, 2.45) is 0 Å². The number of anilines is 1. The number of ether oxygens (including phenoxy) is 2. The van der Waals surface area contributed by atoms with E-state index in [1.807, 2.05) is 49.4 Å². The number of carbonyl (C=O) groups excluding carboxylic acids is 1. The number of aromatic nitrogens is 3. The summed E-state index contributed by atoms with van der Waals surface area (Å²) >= 11 is 1.42. The smallest absolute Gasteiger partial charge is 0.233 e. The highest BCUT2D eigenvalue weighted by molar-refractivity contribution is 8.00. The zero-order valence-electron chi connectivity index (χ0n) is 18.9. The van der Waals surface area contributed by atoms with Crippen molar-refractivity contribution in [1.82, 2.24) is 20.1 Å². The number of nitrogens with zero attached hydrogens (tertiary/aromatic N) is 4. The van der Waals surface area contributed by atoms with E-state index < -0.39 is 0 Å². The fourth-order valence-corrected chi connectivity index (χ4v) is 4.52. The van der Waals surface area contributed by atoms with Crippen LogP contribution in [0.25, 0.3) is 0 Å². The maximum Gasteiger partial charge on any atom is 0.233 e. The van der Waals surface area contributed by atoms with E-state index in [2.05, 4.69) is 37.1 Å². The standard InChI is InChI=1S/C24H29N5O3S/c1-18(22(30)25-16-20-10-6-7-11-21(20)31-2)33-24-27-26-23(28-12-14-32-15-13-28)29(24)17-19-8-4-3-5-9-19/h3-11,18H,12-17H2,1-2H3,(H,25,30). The molecular weight excluding hydrogens is 438 g/mol. The summed E-state index contributed by atoms with van der Waals surface area (Å²) in [4.78, 5) is 15.0. The normalized spacial score (nSPS) is 14.7. The second-order valence-corrected chi connectivity index (χ2v) is 9.05. The average Bonchev–Trinajstić information content (AvgIpc) is 3.25. The van der Waals surface area contributed by atoms with E-state index in [0.717, 1.165) is 41.1 Å². The van der Waals surface area contributed by atoms with E-state index >= 15 is 0 Å². The molecule has 1 fully saturated rings. The number of methoxy groups -OCH3 is 1. The van der Waals surface area contributed by atoms with Crippen molar-refractivity contribution in [2.45, 2.75) is 30.4 Å². The van der Waals surface area contributed by atoms with Gasteiger partial charge < -0.3 is 19.7 Å². The SMILES string of the molecule is COc1ccccc1CNC(=O)C(C)Sc1nnc(N2CCOCC2)n1Cc1ccccc1. The summed E-state index contributed by atoms with van der Waals surface area (Å²) in [6, 6.07) is 17.9.